The quantitative estimate of drug-likeness (QED) is 0.0703. The highest BCUT2D eigenvalue weighted by molar-refractivity contribution is 5.90. The maximum absolute atomic E-state index is 11.9. The number of hydrogen-bond acceptors (Lipinski definition) is 18. The summed E-state index contributed by atoms with van der Waals surface area (Å²) in [6.45, 7) is -0.848. The van der Waals surface area contributed by atoms with E-state index in [4.69, 9.17) is 33.5 Å². The van der Waals surface area contributed by atoms with Gasteiger partial charge in [0.2, 0.25) is 6.29 Å². The lowest BCUT2D eigenvalue weighted by Gasteiger charge is -2.46. The summed E-state index contributed by atoms with van der Waals surface area (Å²) < 4.78 is 33.4. The van der Waals surface area contributed by atoms with E-state index in [2.05, 4.69) is 0 Å². The summed E-state index contributed by atoms with van der Waals surface area (Å²) in [5, 5.41) is 112. The van der Waals surface area contributed by atoms with Crippen molar-refractivity contribution in [2.45, 2.75) is 73.9 Å². The van der Waals surface area contributed by atoms with Gasteiger partial charge < -0.3 is 84.6 Å². The summed E-state index contributed by atoms with van der Waals surface area (Å²) >= 11 is 0. The molecule has 20 nitrogen and oxygen atoms in total. The van der Waals surface area contributed by atoms with E-state index in [1.54, 1.807) is 0 Å². The Morgan fingerprint density at radius 1 is 0.760 bits per heavy atom. The molecule has 0 saturated carbocycles. The number of phenols is 4. The SMILES string of the molecule is O=C(O)CC(=O)OCC1OC(OC2=Cc3c(O)cc(O)cc3OC2c2ccc(O)c(O)c2)C(OC2OC(C(=O)O)C(O)C(O)C2O)C(O)C1O. The summed E-state index contributed by atoms with van der Waals surface area (Å²) in [5.74, 6) is -6.92. The molecular formula is C30H32O20. The first-order chi connectivity index (χ1) is 23.5. The lowest BCUT2D eigenvalue weighted by molar-refractivity contribution is -0.360. The number of carbonyl (C=O) groups excluding carboxylic acids is 1. The van der Waals surface area contributed by atoms with E-state index in [1.807, 2.05) is 0 Å². The van der Waals surface area contributed by atoms with Gasteiger partial charge in [0.05, 0.1) is 5.56 Å². The lowest BCUT2D eigenvalue weighted by Crippen LogP contribution is -2.65. The van der Waals surface area contributed by atoms with Crippen LogP contribution in [0.5, 0.6) is 28.7 Å². The van der Waals surface area contributed by atoms with Crippen LogP contribution in [-0.2, 0) is 38.1 Å². The Kier molecular flexibility index (Phi) is 10.5. The molecule has 2 aromatic carbocycles. The van der Waals surface area contributed by atoms with Gasteiger partial charge in [0.25, 0.3) is 0 Å². The van der Waals surface area contributed by atoms with Gasteiger partial charge in [0, 0.05) is 17.7 Å². The van der Waals surface area contributed by atoms with Crippen molar-refractivity contribution in [2.24, 2.45) is 0 Å². The van der Waals surface area contributed by atoms with Gasteiger partial charge >= 0.3 is 17.9 Å². The van der Waals surface area contributed by atoms with Crippen molar-refractivity contribution in [1.82, 2.24) is 0 Å². The number of carbonyl (C=O) groups is 3. The number of aliphatic carboxylic acids is 2. The van der Waals surface area contributed by atoms with Crippen LogP contribution in [0.25, 0.3) is 6.08 Å². The van der Waals surface area contributed by atoms with Gasteiger partial charge in [-0.3, -0.25) is 9.59 Å². The number of ether oxygens (including phenoxy) is 6. The standard InChI is InChI=1S/C30H32O20/c31-10-4-13(33)11-6-16(25(46-15(11)5-10)9-1-2-12(32)14(34)3-9)47-30-27(50-29-24(42)21(39)23(41)26(49-29)28(43)44)22(40)20(38)17(48-30)8-45-19(37)7-18(35)36/h1-6,17,20-27,29-34,38-42H,7-8H2,(H,35,36)(H,43,44). The Labute approximate surface area is 279 Å². The molecule has 50 heavy (non-hydrogen) atoms. The number of aliphatic hydroxyl groups is 5. The van der Waals surface area contributed by atoms with Gasteiger partial charge in [-0.05, 0) is 18.2 Å². The highest BCUT2D eigenvalue weighted by Gasteiger charge is 2.53. The van der Waals surface area contributed by atoms with E-state index < -0.39 is 121 Å². The summed E-state index contributed by atoms with van der Waals surface area (Å²) in [6, 6.07) is 5.59. The van der Waals surface area contributed by atoms with E-state index in [1.165, 1.54) is 12.1 Å². The van der Waals surface area contributed by atoms with Crippen LogP contribution in [0.15, 0.2) is 36.1 Å². The van der Waals surface area contributed by atoms with Gasteiger partial charge in [-0.2, -0.15) is 0 Å². The first-order valence-corrected chi connectivity index (χ1v) is 14.6. The van der Waals surface area contributed by atoms with E-state index in [9.17, 15) is 65.4 Å². The molecule has 11 N–H and O–H groups in total. The van der Waals surface area contributed by atoms with E-state index >= 15 is 0 Å². The zero-order chi connectivity index (χ0) is 36.6. The Morgan fingerprint density at radius 2 is 1.48 bits per heavy atom. The number of carboxylic acids is 2. The van der Waals surface area contributed by atoms with E-state index in [0.29, 0.717) is 0 Å². The number of aromatic hydroxyl groups is 4. The van der Waals surface area contributed by atoms with Crippen LogP contribution >= 0.6 is 0 Å². The minimum Gasteiger partial charge on any atom is -0.508 e. The molecule has 3 heterocycles. The fourth-order valence-electron chi connectivity index (χ4n) is 5.36. The van der Waals surface area contributed by atoms with Gasteiger partial charge in [-0.1, -0.05) is 6.07 Å². The Balaban J connectivity index is 1.53. The monoisotopic (exact) mass is 712 g/mol. The summed E-state index contributed by atoms with van der Waals surface area (Å²) in [4.78, 5) is 34.5. The minimum atomic E-state index is -2.14. The van der Waals surface area contributed by atoms with Crippen LogP contribution in [0.2, 0.25) is 0 Å². The molecule has 5 rings (SSSR count). The highest BCUT2D eigenvalue weighted by Crippen LogP contribution is 2.45. The topological polar surface area (TPSA) is 329 Å². The van der Waals surface area contributed by atoms with Gasteiger partial charge in [-0.15, -0.1) is 0 Å². The zero-order valence-electron chi connectivity index (χ0n) is 25.3. The second-order valence-electron chi connectivity index (χ2n) is 11.4. The largest absolute Gasteiger partial charge is 0.508 e. The Morgan fingerprint density at radius 3 is 2.14 bits per heavy atom. The molecular weight excluding hydrogens is 680 g/mol. The van der Waals surface area contributed by atoms with Crippen LogP contribution in [0.4, 0.5) is 0 Å². The van der Waals surface area contributed by atoms with Crippen LogP contribution in [0, 0.1) is 0 Å². The number of benzene rings is 2. The maximum atomic E-state index is 11.9. The van der Waals surface area contributed by atoms with Crippen LogP contribution in [0.1, 0.15) is 23.7 Å². The summed E-state index contributed by atoms with van der Waals surface area (Å²) in [7, 11) is 0. The molecule has 0 spiro atoms. The van der Waals surface area contributed by atoms with E-state index in [0.717, 1.165) is 24.3 Å². The van der Waals surface area contributed by atoms with Crippen LogP contribution < -0.4 is 4.74 Å². The molecule has 2 saturated heterocycles. The molecule has 20 heteroatoms. The molecule has 11 unspecified atom stereocenters. The molecule has 2 aromatic rings. The van der Waals surface area contributed by atoms with Crippen molar-refractivity contribution in [3.63, 3.8) is 0 Å². The lowest BCUT2D eigenvalue weighted by atomic mass is 9.97. The van der Waals surface area contributed by atoms with Crippen molar-refractivity contribution in [3.8, 4) is 28.7 Å². The van der Waals surface area contributed by atoms with Gasteiger partial charge in [-0.25, -0.2) is 4.79 Å². The number of aliphatic hydroxyl groups excluding tert-OH is 5. The average molecular weight is 713 g/mol. The van der Waals surface area contributed by atoms with Crippen molar-refractivity contribution in [1.29, 1.82) is 0 Å². The molecule has 0 amide bonds. The van der Waals surface area contributed by atoms with Gasteiger partial charge in [0.1, 0.15) is 72.7 Å². The molecule has 0 radical (unpaired) electrons. The number of phenolic OH excluding ortho intramolecular Hbond substituents is 4. The molecule has 2 fully saturated rings. The van der Waals surface area contributed by atoms with Crippen LogP contribution in [0.3, 0.4) is 0 Å². The smallest absolute Gasteiger partial charge is 0.335 e. The van der Waals surface area contributed by atoms with E-state index in [-0.39, 0.29) is 22.6 Å². The number of hydrogen-bond donors (Lipinski definition) is 11. The maximum Gasteiger partial charge on any atom is 0.335 e. The highest BCUT2D eigenvalue weighted by atomic mass is 16.8. The third kappa shape index (κ3) is 7.46. The fourth-order valence-corrected chi connectivity index (χ4v) is 5.36. The normalized spacial score (nSPS) is 32.2. The fraction of sp³-hybridized carbons (Fsp3) is 0.433. The second-order valence-corrected chi connectivity index (χ2v) is 11.4. The van der Waals surface area contributed by atoms with Crippen LogP contribution in [-0.4, -0.2) is 142 Å². The molecule has 3 aliphatic heterocycles. The molecule has 272 valence electrons. The van der Waals surface area contributed by atoms with Crippen molar-refractivity contribution in [3.05, 3.63) is 47.2 Å². The minimum absolute atomic E-state index is 0.0579. The summed E-state index contributed by atoms with van der Waals surface area (Å²) in [6.07, 6.45) is -21.6. The summed E-state index contributed by atoms with van der Waals surface area (Å²) in [5.41, 5.74) is 0.0398. The zero-order valence-corrected chi connectivity index (χ0v) is 25.3. The number of fused-ring (bicyclic) bond motifs is 1. The molecule has 0 aliphatic carbocycles. The average Bonchev–Trinajstić information content (AvgIpc) is 3.04. The Hall–Kier alpha value is -4.93. The van der Waals surface area contributed by atoms with Crippen molar-refractivity contribution >= 4 is 24.0 Å². The van der Waals surface area contributed by atoms with Crippen molar-refractivity contribution in [2.75, 3.05) is 6.61 Å². The number of carboxylic acid groups (broad SMARTS) is 2. The third-order valence-electron chi connectivity index (χ3n) is 7.90. The predicted molar refractivity (Wildman–Crippen MR) is 155 cm³/mol. The molecule has 11 atom stereocenters. The first kappa shape index (κ1) is 36.4. The first-order valence-electron chi connectivity index (χ1n) is 14.6. The Bertz CT molecular complexity index is 1640. The molecule has 0 aromatic heterocycles. The second kappa shape index (κ2) is 14.5. The van der Waals surface area contributed by atoms with Gasteiger partial charge in [0.15, 0.2) is 36.1 Å². The predicted octanol–water partition coefficient (Wildman–Crippen LogP) is -2.26. The number of rotatable bonds is 10. The van der Waals surface area contributed by atoms with Crippen molar-refractivity contribution < 1.29 is 99.0 Å². The third-order valence-corrected chi connectivity index (χ3v) is 7.90. The number of esters is 1. The molecule has 0 bridgehead atoms. The molecule has 3 aliphatic rings.